The molecule has 23 heteroatoms. The number of phosphoric acid groups is 3. The highest BCUT2D eigenvalue weighted by atomic mass is 31.3. The largest absolute Gasteiger partial charge is 0.490 e. The van der Waals surface area contributed by atoms with Gasteiger partial charge in [0.25, 0.3) is 6.43 Å². The molecule has 0 radical (unpaired) electrons. The smallest absolute Gasteiger partial charge is 0.387 e. The van der Waals surface area contributed by atoms with Crippen LogP contribution in [0.1, 0.15) is 6.23 Å². The molecule has 1 fully saturated rings. The zero-order valence-corrected chi connectivity index (χ0v) is 18.9. The van der Waals surface area contributed by atoms with E-state index in [4.69, 9.17) is 25.2 Å². The normalized spacial score (nSPS) is 29.4. The summed E-state index contributed by atoms with van der Waals surface area (Å²) >= 11 is 0. The van der Waals surface area contributed by atoms with Crippen molar-refractivity contribution in [3.63, 3.8) is 0 Å². The van der Waals surface area contributed by atoms with Crippen LogP contribution in [-0.4, -0.2) is 80.1 Å². The number of aromatic nitrogens is 4. The lowest BCUT2D eigenvalue weighted by molar-refractivity contribution is -0.192. The summed E-state index contributed by atoms with van der Waals surface area (Å²) in [4.78, 5) is 47.0. The van der Waals surface area contributed by atoms with Gasteiger partial charge in [-0.2, -0.15) is 8.62 Å². The summed E-state index contributed by atoms with van der Waals surface area (Å²) in [7, 11) is -17.5. The van der Waals surface area contributed by atoms with Gasteiger partial charge in [0.15, 0.2) is 23.3 Å². The number of nitrogens with two attached hydrogens (primary N) is 1. The van der Waals surface area contributed by atoms with E-state index in [9.17, 15) is 37.6 Å². The van der Waals surface area contributed by atoms with Gasteiger partial charge in [0.2, 0.25) is 0 Å². The Morgan fingerprint density at radius 2 is 1.76 bits per heavy atom. The van der Waals surface area contributed by atoms with Gasteiger partial charge in [0.1, 0.15) is 30.4 Å². The summed E-state index contributed by atoms with van der Waals surface area (Å²) in [6.07, 6.45) is -8.14. The van der Waals surface area contributed by atoms with E-state index < -0.39 is 60.5 Å². The number of phosphoric ester groups is 1. The predicted octanol–water partition coefficient (Wildman–Crippen LogP) is -0.994. The molecule has 2 aromatic heterocycles. The predicted molar refractivity (Wildman–Crippen MR) is 100 cm³/mol. The van der Waals surface area contributed by atoms with Gasteiger partial charge < -0.3 is 40.3 Å². The Morgan fingerprint density at radius 1 is 1.12 bits per heavy atom. The average molecular weight is 557 g/mol. The van der Waals surface area contributed by atoms with E-state index in [1.165, 1.54) is 0 Å². The highest BCUT2D eigenvalue weighted by molar-refractivity contribution is 7.66. The molecule has 2 aromatic rings. The van der Waals surface area contributed by atoms with Gasteiger partial charge in [-0.1, -0.05) is 0 Å². The minimum absolute atomic E-state index is 0.0272. The van der Waals surface area contributed by atoms with Crippen molar-refractivity contribution in [1.29, 1.82) is 0 Å². The van der Waals surface area contributed by atoms with Crippen molar-refractivity contribution >= 4 is 40.4 Å². The van der Waals surface area contributed by atoms with Crippen molar-refractivity contribution in [2.75, 3.05) is 12.3 Å². The van der Waals surface area contributed by atoms with Crippen LogP contribution in [0.25, 0.3) is 11.2 Å². The maximum absolute atomic E-state index is 14.0. The van der Waals surface area contributed by atoms with Crippen LogP contribution >= 0.6 is 23.5 Å². The summed E-state index contributed by atoms with van der Waals surface area (Å²) in [6.45, 7) is -1.73. The highest BCUT2D eigenvalue weighted by Gasteiger charge is 2.62. The lowest BCUT2D eigenvalue weighted by atomic mass is 9.96. The second kappa shape index (κ2) is 9.18. The Kier molecular flexibility index (Phi) is 7.31. The Hall–Kier alpha value is -1.50. The third kappa shape index (κ3) is 5.50. The monoisotopic (exact) mass is 557 g/mol. The van der Waals surface area contributed by atoms with E-state index in [1.807, 2.05) is 0 Å². The second-order valence-electron chi connectivity index (χ2n) is 6.65. The molecule has 1 aliphatic heterocycles. The Labute approximate surface area is 186 Å². The molecular weight excluding hydrogens is 541 g/mol. The molecule has 0 saturated carbocycles. The Bertz CT molecular complexity index is 1210. The number of anilines is 1. The highest BCUT2D eigenvalue weighted by Crippen LogP contribution is 2.66. The molecule has 6 atom stereocenters. The number of alkyl halides is 2. The van der Waals surface area contributed by atoms with E-state index in [0.29, 0.717) is 0 Å². The number of aliphatic hydroxyl groups excluding tert-OH is 2. The number of hydrogen-bond acceptors (Lipinski definition) is 13. The van der Waals surface area contributed by atoms with Crippen LogP contribution in [0.15, 0.2) is 12.7 Å². The molecule has 18 nitrogen and oxygen atoms in total. The zero-order chi connectivity index (χ0) is 25.7. The maximum Gasteiger partial charge on any atom is 0.490 e. The summed E-state index contributed by atoms with van der Waals surface area (Å²) < 4.78 is 79.0. The van der Waals surface area contributed by atoms with Crippen LogP contribution in [0.4, 0.5) is 14.6 Å². The summed E-state index contributed by atoms with van der Waals surface area (Å²) in [5.74, 6) is -0.199. The lowest BCUT2D eigenvalue weighted by Gasteiger charge is -2.31. The third-order valence-electron chi connectivity index (χ3n) is 4.36. The van der Waals surface area contributed by atoms with Crippen LogP contribution in [-0.2, 0) is 31.6 Å². The van der Waals surface area contributed by atoms with Gasteiger partial charge in [-0.05, 0) is 0 Å². The number of imidazole rings is 1. The summed E-state index contributed by atoms with van der Waals surface area (Å²) in [6, 6.07) is 0. The molecule has 1 saturated heterocycles. The number of halogens is 2. The van der Waals surface area contributed by atoms with Crippen molar-refractivity contribution in [3.8, 4) is 0 Å². The molecule has 34 heavy (non-hydrogen) atoms. The lowest BCUT2D eigenvalue weighted by Crippen LogP contribution is -2.52. The molecular formula is C11H16F2N5O13P3. The number of fused-ring (bicyclic) bond motifs is 1. The van der Waals surface area contributed by atoms with Gasteiger partial charge in [-0.3, -0.25) is 9.09 Å². The van der Waals surface area contributed by atoms with Crippen molar-refractivity contribution in [3.05, 3.63) is 12.7 Å². The number of nitrogens with zero attached hydrogens (tertiary/aromatic N) is 4. The molecule has 1 aliphatic rings. The second-order valence-corrected chi connectivity index (χ2v) is 11.1. The molecule has 0 aromatic carbocycles. The first-order valence-corrected chi connectivity index (χ1v) is 13.0. The molecule has 2 unspecified atom stereocenters. The fourth-order valence-electron chi connectivity index (χ4n) is 2.97. The van der Waals surface area contributed by atoms with E-state index in [1.54, 1.807) is 0 Å². The SMILES string of the molecule is Nc1ncnc2ncn([C@@H]3O[C@@](COP(=O)(O)OP(=O)(O)OP(=O)(O)O)(C(F)F)[C@@H](O)[C@H]3O)c12. The van der Waals surface area contributed by atoms with E-state index in [0.717, 1.165) is 17.2 Å². The minimum atomic E-state index is -5.94. The van der Waals surface area contributed by atoms with Crippen LogP contribution < -0.4 is 5.73 Å². The van der Waals surface area contributed by atoms with E-state index >= 15 is 0 Å². The number of nitrogen functional groups attached to an aromatic ring is 1. The standard InChI is InChI=1S/C11H16F2N5O13P3/c12-10(13)11(1-28-33(24,25)31-34(26,27)30-32(21,22)23)6(20)5(19)9(29-11)18-3-17-8-4(18)7(14)15-2-16-8/h2-3,5-6,9-10,19-20H,1H2,(H,24,25)(H,26,27)(H2,14,15,16)(H2,21,22,23)/t5-,6+,9-,11-/m1/s1. The number of rotatable bonds is 9. The zero-order valence-electron chi connectivity index (χ0n) is 16.2. The van der Waals surface area contributed by atoms with Gasteiger partial charge in [0, 0.05) is 0 Å². The fraction of sp³-hybridized carbons (Fsp3) is 0.545. The first-order chi connectivity index (χ1) is 15.5. The summed E-state index contributed by atoms with van der Waals surface area (Å²) in [5, 5.41) is 20.7. The fourth-order valence-corrected chi connectivity index (χ4v) is 6.03. The van der Waals surface area contributed by atoms with Gasteiger partial charge >= 0.3 is 23.5 Å². The quantitative estimate of drug-likeness (QED) is 0.182. The van der Waals surface area contributed by atoms with E-state index in [2.05, 4.69) is 28.1 Å². The topological polar surface area (TPSA) is 279 Å². The van der Waals surface area contributed by atoms with Crippen molar-refractivity contribution in [2.45, 2.75) is 30.5 Å². The number of hydrogen-bond donors (Lipinski definition) is 7. The first-order valence-electron chi connectivity index (χ1n) is 8.51. The van der Waals surface area contributed by atoms with Crippen LogP contribution in [0.5, 0.6) is 0 Å². The van der Waals surface area contributed by atoms with Crippen molar-refractivity contribution in [1.82, 2.24) is 19.5 Å². The van der Waals surface area contributed by atoms with Crippen molar-refractivity contribution < 1.29 is 70.1 Å². The molecule has 3 rings (SSSR count). The first kappa shape index (κ1) is 27.1. The molecule has 192 valence electrons. The average Bonchev–Trinajstić information content (AvgIpc) is 3.19. The van der Waals surface area contributed by atoms with Gasteiger partial charge in [-0.15, -0.1) is 0 Å². The van der Waals surface area contributed by atoms with E-state index in [-0.39, 0.29) is 17.0 Å². The summed E-state index contributed by atoms with van der Waals surface area (Å²) in [5.41, 5.74) is 2.38. The number of ether oxygens (including phenoxy) is 1. The Morgan fingerprint density at radius 3 is 2.35 bits per heavy atom. The molecule has 8 N–H and O–H groups in total. The third-order valence-corrected chi connectivity index (χ3v) is 8.15. The number of aliphatic hydroxyl groups is 2. The minimum Gasteiger partial charge on any atom is -0.387 e. The van der Waals surface area contributed by atoms with Crippen LogP contribution in [0, 0.1) is 0 Å². The van der Waals surface area contributed by atoms with Crippen LogP contribution in [0.2, 0.25) is 0 Å². The van der Waals surface area contributed by atoms with Gasteiger partial charge in [-0.25, -0.2) is 37.4 Å². The molecule has 0 aliphatic carbocycles. The molecule has 0 spiro atoms. The van der Waals surface area contributed by atoms with Crippen LogP contribution in [0.3, 0.4) is 0 Å². The molecule has 0 bridgehead atoms. The van der Waals surface area contributed by atoms with Gasteiger partial charge in [0.05, 0.1) is 6.61 Å². The molecule has 0 amide bonds. The maximum atomic E-state index is 14.0. The van der Waals surface area contributed by atoms with Crippen molar-refractivity contribution in [2.24, 2.45) is 0 Å². The Balaban J connectivity index is 1.86. The molecule has 3 heterocycles.